The van der Waals surface area contributed by atoms with Gasteiger partial charge in [0.2, 0.25) is 5.91 Å². The molecule has 1 heterocycles. The number of benzene rings is 1. The largest absolute Gasteiger partial charge is 0.370 e. The number of primary amides is 1. The summed E-state index contributed by atoms with van der Waals surface area (Å²) in [5.41, 5.74) is 7.21. The molecule has 1 aromatic carbocycles. The zero-order valence-electron chi connectivity index (χ0n) is 8.60. The zero-order valence-corrected chi connectivity index (χ0v) is 8.60. The highest BCUT2D eigenvalue weighted by Crippen LogP contribution is 2.18. The fraction of sp³-hybridized carbons (Fsp3) is 0.273. The Morgan fingerprint density at radius 2 is 2.33 bits per heavy atom. The molecule has 1 amide bonds. The Morgan fingerprint density at radius 1 is 1.53 bits per heavy atom. The number of aromatic nitrogens is 2. The van der Waals surface area contributed by atoms with E-state index in [-0.39, 0.29) is 5.91 Å². The molecule has 78 valence electrons. The number of amides is 1. The van der Waals surface area contributed by atoms with Crippen LogP contribution in [0.4, 0.5) is 0 Å². The summed E-state index contributed by atoms with van der Waals surface area (Å²) >= 11 is 0. The molecule has 0 spiro atoms. The van der Waals surface area contributed by atoms with Crippen molar-refractivity contribution in [2.75, 3.05) is 0 Å². The molecule has 0 bridgehead atoms. The molecule has 2 N–H and O–H groups in total. The molecule has 0 aliphatic heterocycles. The Labute approximate surface area is 87.7 Å². The minimum atomic E-state index is -0.268. The summed E-state index contributed by atoms with van der Waals surface area (Å²) in [7, 11) is 1.89. The molecule has 0 atom stereocenters. The number of hydrogen-bond donors (Lipinski definition) is 1. The first-order chi connectivity index (χ1) is 7.16. The lowest BCUT2D eigenvalue weighted by atomic mass is 10.1. The van der Waals surface area contributed by atoms with Crippen molar-refractivity contribution in [1.29, 1.82) is 0 Å². The molecule has 0 saturated carbocycles. The third kappa shape index (κ3) is 1.98. The van der Waals surface area contributed by atoms with Gasteiger partial charge in [0.05, 0.1) is 5.52 Å². The van der Waals surface area contributed by atoms with Gasteiger partial charge < -0.3 is 5.73 Å². The molecule has 0 fully saturated rings. The van der Waals surface area contributed by atoms with Crippen LogP contribution in [0.5, 0.6) is 0 Å². The second-order valence-electron chi connectivity index (χ2n) is 3.62. The van der Waals surface area contributed by atoms with Crippen LogP contribution in [0.3, 0.4) is 0 Å². The van der Waals surface area contributed by atoms with Gasteiger partial charge in [0.1, 0.15) is 0 Å². The van der Waals surface area contributed by atoms with Crippen molar-refractivity contribution >= 4 is 16.8 Å². The SMILES string of the molecule is Cn1cc2c(CCC(N)=O)cccc2n1. The van der Waals surface area contributed by atoms with Gasteiger partial charge in [-0.25, -0.2) is 0 Å². The van der Waals surface area contributed by atoms with E-state index in [1.54, 1.807) is 4.68 Å². The van der Waals surface area contributed by atoms with E-state index in [1.165, 1.54) is 0 Å². The quantitative estimate of drug-likeness (QED) is 0.808. The summed E-state index contributed by atoms with van der Waals surface area (Å²) in [6, 6.07) is 5.92. The molecule has 4 nitrogen and oxygen atoms in total. The number of nitrogens with two attached hydrogens (primary N) is 1. The first kappa shape index (κ1) is 9.71. The van der Waals surface area contributed by atoms with E-state index in [1.807, 2.05) is 31.4 Å². The summed E-state index contributed by atoms with van der Waals surface area (Å²) in [5, 5.41) is 5.40. The van der Waals surface area contributed by atoms with Gasteiger partial charge in [-0.3, -0.25) is 9.48 Å². The molecular formula is C11H13N3O. The van der Waals surface area contributed by atoms with Gasteiger partial charge in [-0.2, -0.15) is 5.10 Å². The molecule has 0 aliphatic rings. The van der Waals surface area contributed by atoms with Crippen molar-refractivity contribution in [3.05, 3.63) is 30.0 Å². The van der Waals surface area contributed by atoms with Gasteiger partial charge >= 0.3 is 0 Å². The molecule has 1 aromatic heterocycles. The van der Waals surface area contributed by atoms with E-state index < -0.39 is 0 Å². The fourth-order valence-electron chi connectivity index (χ4n) is 1.70. The highest BCUT2D eigenvalue weighted by Gasteiger charge is 2.05. The molecule has 2 aromatic rings. The topological polar surface area (TPSA) is 60.9 Å². The van der Waals surface area contributed by atoms with Gasteiger partial charge in [-0.15, -0.1) is 0 Å². The molecule has 15 heavy (non-hydrogen) atoms. The van der Waals surface area contributed by atoms with E-state index in [9.17, 15) is 4.79 Å². The molecule has 0 radical (unpaired) electrons. The Hall–Kier alpha value is -1.84. The fourth-order valence-corrected chi connectivity index (χ4v) is 1.70. The van der Waals surface area contributed by atoms with Crippen molar-refractivity contribution < 1.29 is 4.79 Å². The lowest BCUT2D eigenvalue weighted by Crippen LogP contribution is -2.11. The average molecular weight is 203 g/mol. The summed E-state index contributed by atoms with van der Waals surface area (Å²) in [6.45, 7) is 0. The van der Waals surface area contributed by atoms with Crippen LogP contribution in [0.1, 0.15) is 12.0 Å². The van der Waals surface area contributed by atoms with Crippen molar-refractivity contribution in [2.24, 2.45) is 12.8 Å². The average Bonchev–Trinajstić information content (AvgIpc) is 2.55. The highest BCUT2D eigenvalue weighted by molar-refractivity contribution is 5.82. The van der Waals surface area contributed by atoms with E-state index in [0.29, 0.717) is 12.8 Å². The lowest BCUT2D eigenvalue weighted by molar-refractivity contribution is -0.117. The third-order valence-electron chi connectivity index (χ3n) is 2.40. The monoisotopic (exact) mass is 203 g/mol. The second kappa shape index (κ2) is 3.73. The number of carbonyl (C=O) groups excluding carboxylic acids is 1. The highest BCUT2D eigenvalue weighted by atomic mass is 16.1. The molecule has 0 aliphatic carbocycles. The lowest BCUT2D eigenvalue weighted by Gasteiger charge is -1.99. The van der Waals surface area contributed by atoms with E-state index >= 15 is 0 Å². The summed E-state index contributed by atoms with van der Waals surface area (Å²) in [5.74, 6) is -0.268. The third-order valence-corrected chi connectivity index (χ3v) is 2.40. The summed E-state index contributed by atoms with van der Waals surface area (Å²) in [4.78, 5) is 10.7. The second-order valence-corrected chi connectivity index (χ2v) is 3.62. The van der Waals surface area contributed by atoms with Gasteiger partial charge in [-0.05, 0) is 18.1 Å². The molecule has 0 saturated heterocycles. The number of aryl methyl sites for hydroxylation is 2. The summed E-state index contributed by atoms with van der Waals surface area (Å²) in [6.07, 6.45) is 3.03. The van der Waals surface area contributed by atoms with Crippen molar-refractivity contribution in [1.82, 2.24) is 9.78 Å². The molecule has 4 heteroatoms. The zero-order chi connectivity index (χ0) is 10.8. The smallest absolute Gasteiger partial charge is 0.217 e. The minimum absolute atomic E-state index is 0.268. The van der Waals surface area contributed by atoms with Gasteiger partial charge in [0.15, 0.2) is 0 Å². The number of nitrogens with zero attached hydrogens (tertiary/aromatic N) is 2. The van der Waals surface area contributed by atoms with E-state index in [0.717, 1.165) is 16.5 Å². The predicted molar refractivity (Wildman–Crippen MR) is 58.2 cm³/mol. The predicted octanol–water partition coefficient (Wildman–Crippen LogP) is 0.991. The van der Waals surface area contributed by atoms with E-state index in [4.69, 9.17) is 5.73 Å². The van der Waals surface area contributed by atoms with Crippen LogP contribution in [0.25, 0.3) is 10.9 Å². The van der Waals surface area contributed by atoms with Crippen molar-refractivity contribution in [2.45, 2.75) is 12.8 Å². The first-order valence-electron chi connectivity index (χ1n) is 4.86. The van der Waals surface area contributed by atoms with E-state index in [2.05, 4.69) is 5.10 Å². The van der Waals surface area contributed by atoms with Crippen LogP contribution in [0.15, 0.2) is 24.4 Å². The van der Waals surface area contributed by atoms with Crippen molar-refractivity contribution in [3.8, 4) is 0 Å². The number of rotatable bonds is 3. The van der Waals surface area contributed by atoms with Gasteiger partial charge in [-0.1, -0.05) is 12.1 Å². The molecule has 2 rings (SSSR count). The number of carbonyl (C=O) groups is 1. The maximum atomic E-state index is 10.7. The summed E-state index contributed by atoms with van der Waals surface area (Å²) < 4.78 is 1.78. The maximum Gasteiger partial charge on any atom is 0.217 e. The van der Waals surface area contributed by atoms with Gasteiger partial charge in [0, 0.05) is 25.1 Å². The Kier molecular flexibility index (Phi) is 2.41. The minimum Gasteiger partial charge on any atom is -0.370 e. The number of hydrogen-bond acceptors (Lipinski definition) is 2. The van der Waals surface area contributed by atoms with Crippen LogP contribution in [-0.4, -0.2) is 15.7 Å². The van der Waals surface area contributed by atoms with Crippen LogP contribution in [0, 0.1) is 0 Å². The maximum absolute atomic E-state index is 10.7. The van der Waals surface area contributed by atoms with Crippen LogP contribution in [0.2, 0.25) is 0 Å². The van der Waals surface area contributed by atoms with Gasteiger partial charge in [0.25, 0.3) is 0 Å². The number of fused-ring (bicyclic) bond motifs is 1. The molecular weight excluding hydrogens is 190 g/mol. The van der Waals surface area contributed by atoms with Crippen molar-refractivity contribution in [3.63, 3.8) is 0 Å². The standard InChI is InChI=1S/C11H13N3O/c1-14-7-9-8(5-6-11(12)15)3-2-4-10(9)13-14/h2-4,7H,5-6H2,1H3,(H2,12,15). The van der Waals surface area contributed by atoms with Crippen LogP contribution < -0.4 is 5.73 Å². The Bertz CT molecular complexity index is 502. The Balaban J connectivity index is 2.37. The first-order valence-corrected chi connectivity index (χ1v) is 4.86. The Morgan fingerprint density at radius 3 is 3.07 bits per heavy atom. The molecule has 0 unspecified atom stereocenters. The normalized spacial score (nSPS) is 10.7. The van der Waals surface area contributed by atoms with Crippen LogP contribution >= 0.6 is 0 Å². The van der Waals surface area contributed by atoms with Crippen LogP contribution in [-0.2, 0) is 18.3 Å².